The van der Waals surface area contributed by atoms with Crippen molar-refractivity contribution in [2.75, 3.05) is 19.7 Å². The Hall–Kier alpha value is -1.26. The summed E-state index contributed by atoms with van der Waals surface area (Å²) in [4.78, 5) is 13.9. The van der Waals surface area contributed by atoms with Gasteiger partial charge >= 0.3 is 6.09 Å². The van der Waals surface area contributed by atoms with Crippen LogP contribution in [0, 0.1) is 0 Å². The van der Waals surface area contributed by atoms with Gasteiger partial charge in [-0.3, -0.25) is 4.90 Å². The second-order valence-corrected chi connectivity index (χ2v) is 4.89. The summed E-state index contributed by atoms with van der Waals surface area (Å²) in [7, 11) is 0. The molecule has 2 aliphatic rings. The number of hydrogen-bond acceptors (Lipinski definition) is 3. The second-order valence-electron chi connectivity index (χ2n) is 4.89. The maximum absolute atomic E-state index is 11.9. The van der Waals surface area contributed by atoms with Gasteiger partial charge in [-0.05, 0) is 31.5 Å². The van der Waals surface area contributed by atoms with Gasteiger partial charge in [-0.2, -0.15) is 0 Å². The first-order chi connectivity index (χ1) is 8.86. The van der Waals surface area contributed by atoms with Crippen LogP contribution in [-0.2, 0) is 4.74 Å². The van der Waals surface area contributed by atoms with E-state index >= 15 is 0 Å². The summed E-state index contributed by atoms with van der Waals surface area (Å²) >= 11 is 0. The van der Waals surface area contributed by atoms with E-state index in [1.807, 2.05) is 23.1 Å². The molecule has 0 radical (unpaired) electrons. The van der Waals surface area contributed by atoms with Gasteiger partial charge in [0.05, 0.1) is 6.04 Å². The van der Waals surface area contributed by atoms with Gasteiger partial charge < -0.3 is 10.1 Å². The fraction of sp³-hybridized carbons (Fsp3) is 0.500. The Labute approximate surface area is 119 Å². The van der Waals surface area contributed by atoms with Crippen LogP contribution >= 0.6 is 12.4 Å². The molecule has 1 N–H and O–H groups in total. The van der Waals surface area contributed by atoms with E-state index < -0.39 is 0 Å². The lowest BCUT2D eigenvalue weighted by molar-refractivity contribution is 0.134. The van der Waals surface area contributed by atoms with Gasteiger partial charge in [0.15, 0.2) is 0 Å². The van der Waals surface area contributed by atoms with Crippen LogP contribution in [0.2, 0.25) is 0 Å². The lowest BCUT2D eigenvalue weighted by Crippen LogP contribution is -2.44. The van der Waals surface area contributed by atoms with Crippen molar-refractivity contribution in [2.45, 2.75) is 24.9 Å². The van der Waals surface area contributed by atoms with Crippen molar-refractivity contribution in [1.82, 2.24) is 10.2 Å². The zero-order valence-electron chi connectivity index (χ0n) is 10.7. The number of cyclic esters (lactones) is 1. The minimum Gasteiger partial charge on any atom is -0.447 e. The van der Waals surface area contributed by atoms with Crippen LogP contribution in [-0.4, -0.2) is 36.7 Å². The van der Waals surface area contributed by atoms with Crippen molar-refractivity contribution < 1.29 is 9.53 Å². The molecule has 2 aliphatic heterocycles. The quantitative estimate of drug-likeness (QED) is 0.905. The number of nitrogens with one attached hydrogen (secondary N) is 1. The van der Waals surface area contributed by atoms with Crippen molar-refractivity contribution >= 4 is 18.5 Å². The highest BCUT2D eigenvalue weighted by Crippen LogP contribution is 2.31. The van der Waals surface area contributed by atoms with Gasteiger partial charge in [0, 0.05) is 6.04 Å². The summed E-state index contributed by atoms with van der Waals surface area (Å²) in [6.45, 7) is 2.44. The maximum atomic E-state index is 11.9. The highest BCUT2D eigenvalue weighted by Gasteiger charge is 2.39. The first-order valence-corrected chi connectivity index (χ1v) is 6.57. The molecule has 2 heterocycles. The molecule has 1 atom stereocenters. The third-order valence-corrected chi connectivity index (χ3v) is 3.80. The Morgan fingerprint density at radius 2 is 1.84 bits per heavy atom. The lowest BCUT2D eigenvalue weighted by atomic mass is 10.0. The molecule has 19 heavy (non-hydrogen) atoms. The van der Waals surface area contributed by atoms with Crippen LogP contribution in [0.1, 0.15) is 24.4 Å². The minimum absolute atomic E-state index is 0. The number of carbonyl (C=O) groups excluding carboxylic acids is 1. The SMILES string of the molecule is Cl.O=C1OCC(c2ccccc2)N1C1CCNCC1. The number of nitrogens with zero attached hydrogens (tertiary/aromatic N) is 1. The van der Waals surface area contributed by atoms with Crippen molar-refractivity contribution in [3.63, 3.8) is 0 Å². The van der Waals surface area contributed by atoms with Gasteiger partial charge in [0.1, 0.15) is 6.61 Å². The molecule has 0 saturated carbocycles. The molecule has 0 bridgehead atoms. The van der Waals surface area contributed by atoms with Gasteiger partial charge in [-0.1, -0.05) is 30.3 Å². The molecule has 0 aliphatic carbocycles. The number of benzene rings is 1. The molecule has 0 aromatic heterocycles. The Morgan fingerprint density at radius 3 is 2.53 bits per heavy atom. The van der Waals surface area contributed by atoms with E-state index in [4.69, 9.17) is 4.74 Å². The predicted octanol–water partition coefficient (Wildman–Crippen LogP) is 2.35. The largest absolute Gasteiger partial charge is 0.447 e. The van der Waals surface area contributed by atoms with E-state index in [0.29, 0.717) is 12.6 Å². The molecule has 5 heteroatoms. The fourth-order valence-corrected chi connectivity index (χ4v) is 2.85. The maximum Gasteiger partial charge on any atom is 0.410 e. The Kier molecular flexibility index (Phi) is 4.66. The van der Waals surface area contributed by atoms with Crippen molar-refractivity contribution in [2.24, 2.45) is 0 Å². The molecule has 1 unspecified atom stereocenters. The van der Waals surface area contributed by atoms with E-state index in [2.05, 4.69) is 17.4 Å². The molecule has 2 saturated heterocycles. The topological polar surface area (TPSA) is 41.6 Å². The van der Waals surface area contributed by atoms with Crippen LogP contribution in [0.25, 0.3) is 0 Å². The Morgan fingerprint density at radius 1 is 1.16 bits per heavy atom. The monoisotopic (exact) mass is 282 g/mol. The van der Waals surface area contributed by atoms with E-state index in [0.717, 1.165) is 25.9 Å². The third-order valence-electron chi connectivity index (χ3n) is 3.80. The number of hydrogen-bond donors (Lipinski definition) is 1. The number of rotatable bonds is 2. The van der Waals surface area contributed by atoms with Crippen molar-refractivity contribution in [3.05, 3.63) is 35.9 Å². The fourth-order valence-electron chi connectivity index (χ4n) is 2.85. The van der Waals surface area contributed by atoms with Gasteiger partial charge in [0.2, 0.25) is 0 Å². The molecule has 1 amide bonds. The van der Waals surface area contributed by atoms with E-state index in [-0.39, 0.29) is 24.5 Å². The number of halogens is 1. The summed E-state index contributed by atoms with van der Waals surface area (Å²) in [5.74, 6) is 0. The average molecular weight is 283 g/mol. The lowest BCUT2D eigenvalue weighted by Gasteiger charge is -2.33. The smallest absolute Gasteiger partial charge is 0.410 e. The van der Waals surface area contributed by atoms with Crippen LogP contribution < -0.4 is 5.32 Å². The molecular formula is C14H19ClN2O2. The summed E-state index contributed by atoms with van der Waals surface area (Å²) in [5.41, 5.74) is 1.17. The van der Waals surface area contributed by atoms with Crippen LogP contribution in [0.15, 0.2) is 30.3 Å². The van der Waals surface area contributed by atoms with E-state index in [1.54, 1.807) is 0 Å². The summed E-state index contributed by atoms with van der Waals surface area (Å²) < 4.78 is 5.25. The molecular weight excluding hydrogens is 264 g/mol. The third kappa shape index (κ3) is 2.85. The molecule has 2 fully saturated rings. The standard InChI is InChI=1S/C14H18N2O2.ClH/c17-14-16(12-6-8-15-9-7-12)13(10-18-14)11-4-2-1-3-5-11;/h1-5,12-13,15H,6-10H2;1H. The zero-order chi connectivity index (χ0) is 12.4. The van der Waals surface area contributed by atoms with E-state index in [9.17, 15) is 4.79 Å². The second kappa shape index (κ2) is 6.26. The van der Waals surface area contributed by atoms with Crippen molar-refractivity contribution in [1.29, 1.82) is 0 Å². The Balaban J connectivity index is 0.00000133. The molecule has 0 spiro atoms. The van der Waals surface area contributed by atoms with Gasteiger partial charge in [-0.25, -0.2) is 4.79 Å². The molecule has 104 valence electrons. The van der Waals surface area contributed by atoms with Crippen molar-refractivity contribution in [3.8, 4) is 0 Å². The normalized spacial score (nSPS) is 23.9. The molecule has 1 aromatic rings. The first-order valence-electron chi connectivity index (χ1n) is 6.57. The highest BCUT2D eigenvalue weighted by molar-refractivity contribution is 5.85. The molecule has 1 aromatic carbocycles. The van der Waals surface area contributed by atoms with Gasteiger partial charge in [-0.15, -0.1) is 12.4 Å². The van der Waals surface area contributed by atoms with Crippen LogP contribution in [0.4, 0.5) is 4.79 Å². The van der Waals surface area contributed by atoms with Gasteiger partial charge in [0.25, 0.3) is 0 Å². The molecule has 4 nitrogen and oxygen atoms in total. The minimum atomic E-state index is -0.157. The Bertz CT molecular complexity index is 421. The van der Waals surface area contributed by atoms with E-state index in [1.165, 1.54) is 5.56 Å². The molecule has 3 rings (SSSR count). The zero-order valence-corrected chi connectivity index (χ0v) is 11.6. The average Bonchev–Trinajstić information content (AvgIpc) is 2.83. The summed E-state index contributed by atoms with van der Waals surface area (Å²) in [6.07, 6.45) is 1.87. The number of amides is 1. The first kappa shape index (κ1) is 14.2. The highest BCUT2D eigenvalue weighted by atomic mass is 35.5. The summed E-state index contributed by atoms with van der Waals surface area (Å²) in [5, 5.41) is 3.33. The predicted molar refractivity (Wildman–Crippen MR) is 75.5 cm³/mol. The number of piperidine rings is 1. The van der Waals surface area contributed by atoms with Crippen LogP contribution in [0.3, 0.4) is 0 Å². The number of carbonyl (C=O) groups is 1. The van der Waals surface area contributed by atoms with Crippen LogP contribution in [0.5, 0.6) is 0 Å². The number of ether oxygens (including phenoxy) is 1. The summed E-state index contributed by atoms with van der Waals surface area (Å²) in [6, 6.07) is 10.6.